The molecule has 0 spiro atoms. The molecule has 0 aliphatic rings. The molecule has 120 valence electrons. The number of para-hydroxylation sites is 1. The minimum atomic E-state index is -0.180. The van der Waals surface area contributed by atoms with Crippen molar-refractivity contribution >= 4 is 12.1 Å². The first kappa shape index (κ1) is 16.5. The van der Waals surface area contributed by atoms with Crippen LogP contribution in [0, 0.1) is 0 Å². The molecule has 0 fully saturated rings. The summed E-state index contributed by atoms with van der Waals surface area (Å²) < 4.78 is 10.6. The molecule has 23 heavy (non-hydrogen) atoms. The zero-order valence-corrected chi connectivity index (χ0v) is 13.3. The minimum absolute atomic E-state index is 0.180. The molecule has 1 N–H and O–H groups in total. The quantitative estimate of drug-likeness (QED) is 0.632. The lowest BCUT2D eigenvalue weighted by molar-refractivity contribution is -0.120. The smallest absolute Gasteiger partial charge is 0.244 e. The number of carbonyl (C=O) groups excluding carboxylic acids is 1. The van der Waals surface area contributed by atoms with Gasteiger partial charge < -0.3 is 9.47 Å². The van der Waals surface area contributed by atoms with E-state index in [9.17, 15) is 4.79 Å². The van der Waals surface area contributed by atoms with Crippen molar-refractivity contribution in [3.63, 3.8) is 0 Å². The summed E-state index contributed by atoms with van der Waals surface area (Å²) in [4.78, 5) is 11.9. The summed E-state index contributed by atoms with van der Waals surface area (Å²) in [5.41, 5.74) is 4.24. The molecule has 2 aromatic rings. The first-order chi connectivity index (χ1) is 11.2. The fourth-order valence-corrected chi connectivity index (χ4v) is 2.02. The van der Waals surface area contributed by atoms with E-state index in [0.29, 0.717) is 6.61 Å². The van der Waals surface area contributed by atoms with Crippen molar-refractivity contribution in [1.82, 2.24) is 5.43 Å². The highest BCUT2D eigenvalue weighted by molar-refractivity contribution is 5.85. The molecule has 1 amide bonds. The summed E-state index contributed by atoms with van der Waals surface area (Å²) in [6, 6.07) is 14.9. The predicted molar refractivity (Wildman–Crippen MR) is 90.0 cm³/mol. The Hall–Kier alpha value is -2.82. The van der Waals surface area contributed by atoms with Gasteiger partial charge in [-0.3, -0.25) is 4.79 Å². The number of nitrogens with one attached hydrogen (secondary N) is 1. The summed E-state index contributed by atoms with van der Waals surface area (Å²) in [5.74, 6) is 1.32. The van der Waals surface area contributed by atoms with Gasteiger partial charge in [-0.05, 0) is 36.8 Å². The fraction of sp³-hybridized carbons (Fsp3) is 0.222. The van der Waals surface area contributed by atoms with Crippen LogP contribution in [0.3, 0.4) is 0 Å². The van der Waals surface area contributed by atoms with Gasteiger partial charge >= 0.3 is 0 Å². The molecule has 0 aliphatic carbocycles. The van der Waals surface area contributed by atoms with Crippen molar-refractivity contribution in [2.24, 2.45) is 5.10 Å². The van der Waals surface area contributed by atoms with Crippen LogP contribution < -0.4 is 14.9 Å². The van der Waals surface area contributed by atoms with E-state index < -0.39 is 0 Å². The molecule has 0 aromatic heterocycles. The Labute approximate surface area is 135 Å². The van der Waals surface area contributed by atoms with Gasteiger partial charge in [0.15, 0.2) is 0 Å². The van der Waals surface area contributed by atoms with E-state index in [4.69, 9.17) is 9.47 Å². The standard InChI is InChI=1S/C18H20N2O3/c1-3-23-17-7-5-4-6-15(17)13-19-20-18(21)12-14-8-10-16(22-2)11-9-14/h4-11,13H,3,12H2,1-2H3,(H,20,21)/b19-13+. The van der Waals surface area contributed by atoms with Crippen molar-refractivity contribution in [1.29, 1.82) is 0 Å². The number of hydrazone groups is 1. The average Bonchev–Trinajstić information content (AvgIpc) is 2.57. The zero-order chi connectivity index (χ0) is 16.5. The number of amides is 1. The second-order valence-corrected chi connectivity index (χ2v) is 4.79. The number of rotatable bonds is 7. The van der Waals surface area contributed by atoms with Gasteiger partial charge in [-0.25, -0.2) is 5.43 Å². The number of ether oxygens (including phenoxy) is 2. The molecule has 5 nitrogen and oxygen atoms in total. The molecule has 0 saturated heterocycles. The Bertz CT molecular complexity index is 666. The Morgan fingerprint density at radius 1 is 1.17 bits per heavy atom. The molecular formula is C18H20N2O3. The third-order valence-corrected chi connectivity index (χ3v) is 3.14. The normalized spacial score (nSPS) is 10.5. The molecular weight excluding hydrogens is 292 g/mol. The van der Waals surface area contributed by atoms with Crippen molar-refractivity contribution in [3.8, 4) is 11.5 Å². The molecule has 2 rings (SSSR count). The van der Waals surface area contributed by atoms with Gasteiger partial charge in [-0.15, -0.1) is 0 Å². The number of nitrogens with zero attached hydrogens (tertiary/aromatic N) is 1. The van der Waals surface area contributed by atoms with Crippen LogP contribution in [0.25, 0.3) is 0 Å². The number of benzene rings is 2. The van der Waals surface area contributed by atoms with Crippen molar-refractivity contribution in [2.45, 2.75) is 13.3 Å². The molecule has 0 unspecified atom stereocenters. The number of carbonyl (C=O) groups is 1. The molecule has 0 bridgehead atoms. The Balaban J connectivity index is 1.90. The van der Waals surface area contributed by atoms with Crippen LogP contribution in [0.2, 0.25) is 0 Å². The van der Waals surface area contributed by atoms with E-state index in [0.717, 1.165) is 22.6 Å². The summed E-state index contributed by atoms with van der Waals surface area (Å²) in [5, 5.41) is 3.99. The number of methoxy groups -OCH3 is 1. The third kappa shape index (κ3) is 5.14. The van der Waals surface area contributed by atoms with Crippen LogP contribution in [0.1, 0.15) is 18.1 Å². The topological polar surface area (TPSA) is 59.9 Å². The molecule has 2 aromatic carbocycles. The number of hydrogen-bond acceptors (Lipinski definition) is 4. The third-order valence-electron chi connectivity index (χ3n) is 3.14. The SMILES string of the molecule is CCOc1ccccc1/C=N/NC(=O)Cc1ccc(OC)cc1. The first-order valence-electron chi connectivity index (χ1n) is 7.39. The molecule has 0 saturated carbocycles. The molecule has 0 radical (unpaired) electrons. The molecule has 0 aliphatic heterocycles. The van der Waals surface area contributed by atoms with Crippen LogP contribution in [-0.2, 0) is 11.2 Å². The second-order valence-electron chi connectivity index (χ2n) is 4.79. The van der Waals surface area contributed by atoms with E-state index in [1.807, 2.05) is 55.5 Å². The Morgan fingerprint density at radius 2 is 1.91 bits per heavy atom. The van der Waals surface area contributed by atoms with E-state index in [1.54, 1.807) is 13.3 Å². The summed E-state index contributed by atoms with van der Waals surface area (Å²) in [6.45, 7) is 2.50. The fourth-order valence-electron chi connectivity index (χ4n) is 2.02. The van der Waals surface area contributed by atoms with Crippen LogP contribution >= 0.6 is 0 Å². The maximum absolute atomic E-state index is 11.9. The average molecular weight is 312 g/mol. The van der Waals surface area contributed by atoms with Crippen molar-refractivity contribution in [2.75, 3.05) is 13.7 Å². The monoisotopic (exact) mass is 312 g/mol. The Kier molecular flexibility index (Phi) is 6.17. The van der Waals surface area contributed by atoms with E-state index in [-0.39, 0.29) is 12.3 Å². The Morgan fingerprint density at radius 3 is 2.61 bits per heavy atom. The second kappa shape index (κ2) is 8.58. The van der Waals surface area contributed by atoms with Gasteiger partial charge in [0.05, 0.1) is 26.4 Å². The first-order valence-corrected chi connectivity index (χ1v) is 7.39. The molecule has 0 atom stereocenters. The lowest BCUT2D eigenvalue weighted by atomic mass is 10.1. The zero-order valence-electron chi connectivity index (χ0n) is 13.3. The van der Waals surface area contributed by atoms with Gasteiger partial charge in [0.2, 0.25) is 5.91 Å². The molecule has 0 heterocycles. The highest BCUT2D eigenvalue weighted by atomic mass is 16.5. The van der Waals surface area contributed by atoms with E-state index in [2.05, 4.69) is 10.5 Å². The molecule has 5 heteroatoms. The van der Waals surface area contributed by atoms with Crippen molar-refractivity contribution in [3.05, 3.63) is 59.7 Å². The van der Waals surface area contributed by atoms with Crippen LogP contribution in [0.4, 0.5) is 0 Å². The minimum Gasteiger partial charge on any atom is -0.497 e. The van der Waals surface area contributed by atoms with Gasteiger partial charge in [0.1, 0.15) is 11.5 Å². The lowest BCUT2D eigenvalue weighted by Gasteiger charge is -2.06. The van der Waals surface area contributed by atoms with E-state index in [1.165, 1.54) is 0 Å². The van der Waals surface area contributed by atoms with Gasteiger partial charge in [-0.1, -0.05) is 24.3 Å². The predicted octanol–water partition coefficient (Wildman–Crippen LogP) is 2.79. The van der Waals surface area contributed by atoms with Crippen LogP contribution in [0.5, 0.6) is 11.5 Å². The van der Waals surface area contributed by atoms with Crippen LogP contribution in [0.15, 0.2) is 53.6 Å². The van der Waals surface area contributed by atoms with Gasteiger partial charge in [-0.2, -0.15) is 5.10 Å². The highest BCUT2D eigenvalue weighted by Gasteiger charge is 2.03. The maximum atomic E-state index is 11.9. The number of hydrogen-bond donors (Lipinski definition) is 1. The highest BCUT2D eigenvalue weighted by Crippen LogP contribution is 2.15. The summed E-state index contributed by atoms with van der Waals surface area (Å²) >= 11 is 0. The summed E-state index contributed by atoms with van der Waals surface area (Å²) in [7, 11) is 1.61. The van der Waals surface area contributed by atoms with Gasteiger partial charge in [0, 0.05) is 5.56 Å². The maximum Gasteiger partial charge on any atom is 0.244 e. The summed E-state index contributed by atoms with van der Waals surface area (Å²) in [6.07, 6.45) is 1.84. The van der Waals surface area contributed by atoms with Crippen molar-refractivity contribution < 1.29 is 14.3 Å². The van der Waals surface area contributed by atoms with E-state index >= 15 is 0 Å². The largest absolute Gasteiger partial charge is 0.497 e. The van der Waals surface area contributed by atoms with Crippen LogP contribution in [-0.4, -0.2) is 25.8 Å². The van der Waals surface area contributed by atoms with Gasteiger partial charge in [0.25, 0.3) is 0 Å². The lowest BCUT2D eigenvalue weighted by Crippen LogP contribution is -2.19.